The molecule has 0 spiro atoms. The molecule has 0 bridgehead atoms. The van der Waals surface area contributed by atoms with Gasteiger partial charge in [-0.05, 0) is 55.3 Å². The van der Waals surface area contributed by atoms with Crippen molar-refractivity contribution in [2.75, 3.05) is 12.9 Å². The molecule has 2 aromatic carbocycles. The second kappa shape index (κ2) is 9.28. The molecule has 1 amide bonds. The topological polar surface area (TPSA) is 77.7 Å². The highest BCUT2D eigenvalue weighted by Gasteiger charge is 2.15. The number of fused-ring (bicyclic) bond motifs is 1. The number of benzene rings is 2. The molecule has 6 nitrogen and oxygen atoms in total. The molecular weight excluding hydrogens is 420 g/mol. The number of sulfone groups is 1. The minimum absolute atomic E-state index is 0.0404. The van der Waals surface area contributed by atoms with E-state index in [4.69, 9.17) is 11.2 Å². The molecule has 0 aliphatic rings. The van der Waals surface area contributed by atoms with Gasteiger partial charge in [-0.2, -0.15) is 4.99 Å². The molecule has 0 fully saturated rings. The molecule has 1 heterocycles. The van der Waals surface area contributed by atoms with Gasteiger partial charge in [0.1, 0.15) is 5.75 Å². The van der Waals surface area contributed by atoms with Gasteiger partial charge in [0.2, 0.25) is 5.91 Å². The average molecular weight is 443 g/mol. The lowest BCUT2D eigenvalue weighted by Crippen LogP contribution is -2.16. The van der Waals surface area contributed by atoms with Crippen LogP contribution in [-0.4, -0.2) is 31.8 Å². The van der Waals surface area contributed by atoms with E-state index < -0.39 is 9.84 Å². The summed E-state index contributed by atoms with van der Waals surface area (Å²) in [5.41, 5.74) is 2.04. The van der Waals surface area contributed by atoms with Gasteiger partial charge in [-0.3, -0.25) is 4.79 Å². The third-order valence-corrected chi connectivity index (χ3v) is 7.39. The van der Waals surface area contributed by atoms with Crippen molar-refractivity contribution in [2.45, 2.75) is 31.2 Å². The first-order chi connectivity index (χ1) is 14.3. The van der Waals surface area contributed by atoms with Crippen LogP contribution in [0.3, 0.4) is 0 Å². The first kappa shape index (κ1) is 21.8. The number of nitrogens with zero attached hydrogens (tertiary/aromatic N) is 2. The van der Waals surface area contributed by atoms with Crippen molar-refractivity contribution < 1.29 is 17.9 Å². The van der Waals surface area contributed by atoms with Crippen molar-refractivity contribution in [1.82, 2.24) is 4.57 Å². The molecule has 0 aliphatic carbocycles. The second-order valence-electron chi connectivity index (χ2n) is 6.75. The lowest BCUT2D eigenvalue weighted by atomic mass is 10.2. The number of methoxy groups -OCH3 is 1. The van der Waals surface area contributed by atoms with E-state index in [1.807, 2.05) is 29.7 Å². The number of terminal acetylenes is 1. The molecular formula is C22H22N2O4S2. The molecule has 0 N–H and O–H groups in total. The highest BCUT2D eigenvalue weighted by atomic mass is 32.2. The molecule has 3 rings (SSSR count). The number of aromatic nitrogens is 1. The van der Waals surface area contributed by atoms with E-state index in [2.05, 4.69) is 10.9 Å². The largest absolute Gasteiger partial charge is 0.497 e. The maximum atomic E-state index is 12.5. The lowest BCUT2D eigenvalue weighted by Gasteiger charge is -2.05. The number of carbonyl (C=O) groups is 1. The first-order valence-electron chi connectivity index (χ1n) is 9.32. The molecule has 0 saturated carbocycles. The van der Waals surface area contributed by atoms with E-state index in [0.29, 0.717) is 17.1 Å². The van der Waals surface area contributed by atoms with Crippen molar-refractivity contribution in [2.24, 2.45) is 4.99 Å². The molecule has 8 heteroatoms. The van der Waals surface area contributed by atoms with Crippen LogP contribution in [0, 0.1) is 19.3 Å². The average Bonchev–Trinajstić information content (AvgIpc) is 3.04. The number of carbonyl (C=O) groups excluding carboxylic acids is 1. The van der Waals surface area contributed by atoms with Crippen molar-refractivity contribution >= 4 is 37.3 Å². The molecule has 0 saturated heterocycles. The molecule has 0 radical (unpaired) electrons. The summed E-state index contributed by atoms with van der Waals surface area (Å²) < 4.78 is 32.8. The fourth-order valence-corrected chi connectivity index (χ4v) is 5.44. The number of rotatable bonds is 7. The molecule has 156 valence electrons. The van der Waals surface area contributed by atoms with Crippen molar-refractivity contribution in [3.05, 3.63) is 52.8 Å². The third kappa shape index (κ3) is 4.99. The van der Waals surface area contributed by atoms with Gasteiger partial charge in [-0.25, -0.2) is 8.42 Å². The number of ether oxygens (including phenoxy) is 1. The highest BCUT2D eigenvalue weighted by molar-refractivity contribution is 7.91. The van der Waals surface area contributed by atoms with Gasteiger partial charge in [0.05, 0.1) is 34.5 Å². The molecule has 0 unspecified atom stereocenters. The summed E-state index contributed by atoms with van der Waals surface area (Å²) in [7, 11) is -1.96. The minimum Gasteiger partial charge on any atom is -0.497 e. The molecule has 30 heavy (non-hydrogen) atoms. The molecule has 1 aromatic heterocycles. The summed E-state index contributed by atoms with van der Waals surface area (Å²) in [6, 6.07) is 12.2. The second-order valence-corrected chi connectivity index (χ2v) is 9.87. The van der Waals surface area contributed by atoms with Crippen LogP contribution in [0.2, 0.25) is 0 Å². The van der Waals surface area contributed by atoms with Crippen molar-refractivity contribution in [1.29, 1.82) is 0 Å². The normalized spacial score (nSPS) is 12.1. The number of hydrogen-bond acceptors (Lipinski definition) is 5. The maximum Gasteiger partial charge on any atom is 0.248 e. The fourth-order valence-electron chi connectivity index (χ4n) is 2.99. The number of aryl methyl sites for hydroxylation is 1. The van der Waals surface area contributed by atoms with Crippen LogP contribution < -0.4 is 9.54 Å². The zero-order valence-corrected chi connectivity index (χ0v) is 18.4. The van der Waals surface area contributed by atoms with Gasteiger partial charge < -0.3 is 9.30 Å². The van der Waals surface area contributed by atoms with Gasteiger partial charge in [-0.15, -0.1) is 6.42 Å². The van der Waals surface area contributed by atoms with Crippen LogP contribution >= 0.6 is 11.3 Å². The number of hydrogen-bond donors (Lipinski definition) is 0. The van der Waals surface area contributed by atoms with Crippen LogP contribution in [0.5, 0.6) is 5.75 Å². The Morgan fingerprint density at radius 1 is 1.23 bits per heavy atom. The zero-order valence-electron chi connectivity index (χ0n) is 16.8. The predicted molar refractivity (Wildman–Crippen MR) is 118 cm³/mol. The third-order valence-electron chi connectivity index (χ3n) is 4.53. The van der Waals surface area contributed by atoms with Crippen molar-refractivity contribution in [3.63, 3.8) is 0 Å². The van der Waals surface area contributed by atoms with E-state index in [1.54, 1.807) is 12.1 Å². The van der Waals surface area contributed by atoms with Gasteiger partial charge in [0.15, 0.2) is 14.6 Å². The van der Waals surface area contributed by atoms with E-state index in [1.165, 1.54) is 30.6 Å². The summed E-state index contributed by atoms with van der Waals surface area (Å²) in [6.07, 6.45) is 5.71. The Labute approximate surface area is 179 Å². The molecule has 3 aromatic rings. The summed E-state index contributed by atoms with van der Waals surface area (Å²) >= 11 is 1.40. The first-order valence-corrected chi connectivity index (χ1v) is 11.8. The fraction of sp³-hybridized carbons (Fsp3) is 0.273. The Hall–Kier alpha value is -2.89. The Bertz CT molecular complexity index is 1280. The Morgan fingerprint density at radius 3 is 2.63 bits per heavy atom. The molecule has 0 atom stereocenters. The van der Waals surface area contributed by atoms with Crippen LogP contribution in [0.4, 0.5) is 0 Å². The van der Waals surface area contributed by atoms with Gasteiger partial charge in [0, 0.05) is 6.42 Å². The van der Waals surface area contributed by atoms with Crippen LogP contribution in [0.1, 0.15) is 18.4 Å². The Kier molecular flexibility index (Phi) is 6.75. The summed E-state index contributed by atoms with van der Waals surface area (Å²) in [5, 5.41) is 0. The summed E-state index contributed by atoms with van der Waals surface area (Å²) in [5.74, 6) is 2.68. The van der Waals surface area contributed by atoms with E-state index in [-0.39, 0.29) is 29.4 Å². The Morgan fingerprint density at radius 2 is 1.97 bits per heavy atom. The zero-order chi connectivity index (χ0) is 21.7. The Balaban J connectivity index is 1.73. The number of thiazole rings is 1. The number of amides is 1. The van der Waals surface area contributed by atoms with Crippen LogP contribution in [0.25, 0.3) is 10.2 Å². The van der Waals surface area contributed by atoms with Gasteiger partial charge in [-0.1, -0.05) is 23.3 Å². The minimum atomic E-state index is -3.47. The lowest BCUT2D eigenvalue weighted by molar-refractivity contribution is -0.118. The highest BCUT2D eigenvalue weighted by Crippen LogP contribution is 2.19. The quantitative estimate of drug-likeness (QED) is 0.526. The van der Waals surface area contributed by atoms with E-state index >= 15 is 0 Å². The maximum absolute atomic E-state index is 12.5. The van der Waals surface area contributed by atoms with Gasteiger partial charge >= 0.3 is 0 Å². The summed E-state index contributed by atoms with van der Waals surface area (Å²) in [6.45, 7) is 2.30. The van der Waals surface area contributed by atoms with Crippen LogP contribution in [-0.2, 0) is 21.2 Å². The monoisotopic (exact) mass is 442 g/mol. The van der Waals surface area contributed by atoms with E-state index in [9.17, 15) is 13.2 Å². The summed E-state index contributed by atoms with van der Waals surface area (Å²) in [4.78, 5) is 17.3. The standard InChI is InChI=1S/C22H22N2O4S2/c1-4-13-24-19-12-7-16(2)15-20(19)29-22(24)23-21(25)6-5-14-30(26,27)18-10-8-17(28-3)9-11-18/h1,7-12,15H,5-6,13-14H2,2-3H3. The van der Waals surface area contributed by atoms with Gasteiger partial charge in [0.25, 0.3) is 0 Å². The molecule has 0 aliphatic heterocycles. The SMILES string of the molecule is C#CCn1c(=NC(=O)CCCS(=O)(=O)c2ccc(OC)cc2)sc2cc(C)ccc21. The van der Waals surface area contributed by atoms with Crippen molar-refractivity contribution in [3.8, 4) is 18.1 Å². The van der Waals surface area contributed by atoms with E-state index in [0.717, 1.165) is 15.8 Å². The van der Waals surface area contributed by atoms with Crippen LogP contribution in [0.15, 0.2) is 52.4 Å². The predicted octanol–water partition coefficient (Wildman–Crippen LogP) is 3.33. The smallest absolute Gasteiger partial charge is 0.248 e.